The van der Waals surface area contributed by atoms with E-state index in [4.69, 9.17) is 4.74 Å². The minimum Gasteiger partial charge on any atom is -0.378 e. The number of rotatable bonds is 7. The molecular formula is C19H28N6OS. The van der Waals surface area contributed by atoms with Crippen LogP contribution in [0.1, 0.15) is 22.4 Å². The highest BCUT2D eigenvalue weighted by molar-refractivity contribution is 7.11. The predicted molar refractivity (Wildman–Crippen MR) is 111 cm³/mol. The Balaban J connectivity index is 1.50. The standard InChI is InChI=1S/C19H28N6OS/c1-3-16-14-23-17(27-16)6-8-22-19(20-2)24-13-15-5-4-7-21-18(15)25-9-11-26-12-10-25/h4-5,7,14H,3,6,8-13H2,1-2H3,(H2,20,22,24). The summed E-state index contributed by atoms with van der Waals surface area (Å²) in [7, 11) is 1.79. The van der Waals surface area contributed by atoms with Crippen LogP contribution in [0, 0.1) is 0 Å². The van der Waals surface area contributed by atoms with Crippen LogP contribution in [0.4, 0.5) is 5.82 Å². The van der Waals surface area contributed by atoms with Crippen LogP contribution in [0.3, 0.4) is 0 Å². The number of guanidine groups is 1. The number of aryl methyl sites for hydroxylation is 1. The first kappa shape index (κ1) is 19.6. The van der Waals surface area contributed by atoms with Crippen molar-refractivity contribution in [1.29, 1.82) is 0 Å². The van der Waals surface area contributed by atoms with Crippen LogP contribution >= 0.6 is 11.3 Å². The molecule has 0 spiro atoms. The van der Waals surface area contributed by atoms with Gasteiger partial charge in [-0.3, -0.25) is 4.99 Å². The van der Waals surface area contributed by atoms with E-state index in [0.717, 1.165) is 68.0 Å². The Hall–Kier alpha value is -2.19. The lowest BCUT2D eigenvalue weighted by molar-refractivity contribution is 0.122. The average molecular weight is 389 g/mol. The number of nitrogens with one attached hydrogen (secondary N) is 2. The first-order valence-electron chi connectivity index (χ1n) is 9.44. The minimum absolute atomic E-state index is 0.678. The molecule has 1 saturated heterocycles. The molecule has 2 N–H and O–H groups in total. The molecule has 3 rings (SSSR count). The van der Waals surface area contributed by atoms with Crippen LogP contribution in [0.25, 0.3) is 0 Å². The van der Waals surface area contributed by atoms with Crippen molar-refractivity contribution in [2.45, 2.75) is 26.3 Å². The number of anilines is 1. The molecule has 0 radical (unpaired) electrons. The molecule has 27 heavy (non-hydrogen) atoms. The van der Waals surface area contributed by atoms with E-state index in [0.29, 0.717) is 6.54 Å². The summed E-state index contributed by atoms with van der Waals surface area (Å²) in [6, 6.07) is 4.09. The Labute approximate surface area is 164 Å². The number of aliphatic imine (C=N–C) groups is 1. The van der Waals surface area contributed by atoms with Crippen LogP contribution < -0.4 is 15.5 Å². The molecule has 1 fully saturated rings. The number of morpholine rings is 1. The van der Waals surface area contributed by atoms with Crippen molar-refractivity contribution in [3.63, 3.8) is 0 Å². The van der Waals surface area contributed by atoms with Gasteiger partial charge in [0.2, 0.25) is 0 Å². The quantitative estimate of drug-likeness (QED) is 0.557. The lowest BCUT2D eigenvalue weighted by atomic mass is 10.2. The second-order valence-corrected chi connectivity index (χ2v) is 7.46. The fourth-order valence-corrected chi connectivity index (χ4v) is 3.80. The van der Waals surface area contributed by atoms with E-state index in [2.05, 4.69) is 43.5 Å². The summed E-state index contributed by atoms with van der Waals surface area (Å²) < 4.78 is 5.45. The molecule has 1 aliphatic heterocycles. The van der Waals surface area contributed by atoms with Crippen molar-refractivity contribution in [2.75, 3.05) is 44.8 Å². The number of thiazole rings is 1. The maximum atomic E-state index is 5.45. The second-order valence-electron chi connectivity index (χ2n) is 6.26. The molecular weight excluding hydrogens is 360 g/mol. The third kappa shape index (κ3) is 5.64. The van der Waals surface area contributed by atoms with Crippen LogP contribution in [-0.2, 0) is 24.1 Å². The highest BCUT2D eigenvalue weighted by Crippen LogP contribution is 2.18. The van der Waals surface area contributed by atoms with E-state index in [9.17, 15) is 0 Å². The van der Waals surface area contributed by atoms with Gasteiger partial charge >= 0.3 is 0 Å². The maximum absolute atomic E-state index is 5.45. The lowest BCUT2D eigenvalue weighted by Gasteiger charge is -2.29. The van der Waals surface area contributed by atoms with Crippen LogP contribution in [0.2, 0.25) is 0 Å². The number of nitrogens with zero attached hydrogens (tertiary/aromatic N) is 4. The van der Waals surface area contributed by atoms with Crippen molar-refractivity contribution < 1.29 is 4.74 Å². The molecule has 7 nitrogen and oxygen atoms in total. The number of aromatic nitrogens is 2. The van der Waals surface area contributed by atoms with Crippen molar-refractivity contribution in [2.24, 2.45) is 4.99 Å². The Kier molecular flexibility index (Phi) is 7.41. The van der Waals surface area contributed by atoms with E-state index in [-0.39, 0.29) is 0 Å². The second kappa shape index (κ2) is 10.2. The van der Waals surface area contributed by atoms with Crippen LogP contribution in [-0.4, -0.2) is 55.8 Å². The van der Waals surface area contributed by atoms with Gasteiger partial charge in [0.05, 0.1) is 18.2 Å². The van der Waals surface area contributed by atoms with Crippen molar-refractivity contribution in [1.82, 2.24) is 20.6 Å². The van der Waals surface area contributed by atoms with Crippen LogP contribution in [0.5, 0.6) is 0 Å². The number of ether oxygens (including phenoxy) is 1. The normalized spacial score (nSPS) is 15.0. The topological polar surface area (TPSA) is 74.7 Å². The molecule has 0 aromatic carbocycles. The third-order valence-electron chi connectivity index (χ3n) is 4.43. The predicted octanol–water partition coefficient (Wildman–Crippen LogP) is 1.84. The largest absolute Gasteiger partial charge is 0.378 e. The highest BCUT2D eigenvalue weighted by atomic mass is 32.1. The summed E-state index contributed by atoms with van der Waals surface area (Å²) in [6.07, 6.45) is 5.77. The van der Waals surface area contributed by atoms with E-state index < -0.39 is 0 Å². The van der Waals surface area contributed by atoms with E-state index in [1.165, 1.54) is 4.88 Å². The molecule has 0 saturated carbocycles. The summed E-state index contributed by atoms with van der Waals surface area (Å²) >= 11 is 1.78. The summed E-state index contributed by atoms with van der Waals surface area (Å²) in [6.45, 7) is 6.91. The Bertz CT molecular complexity index is 741. The van der Waals surface area contributed by atoms with E-state index in [1.807, 2.05) is 18.5 Å². The van der Waals surface area contributed by atoms with Gasteiger partial charge in [0.25, 0.3) is 0 Å². The van der Waals surface area contributed by atoms with Gasteiger partial charge in [-0.2, -0.15) is 0 Å². The smallest absolute Gasteiger partial charge is 0.191 e. The SMILES string of the molecule is CCc1cnc(CCNC(=NC)NCc2cccnc2N2CCOCC2)s1. The fourth-order valence-electron chi connectivity index (χ4n) is 2.94. The summed E-state index contributed by atoms with van der Waals surface area (Å²) in [5.74, 6) is 1.82. The van der Waals surface area contributed by atoms with Crippen molar-refractivity contribution in [3.05, 3.63) is 40.0 Å². The van der Waals surface area contributed by atoms with Gasteiger partial charge in [-0.1, -0.05) is 13.0 Å². The van der Waals surface area contributed by atoms with E-state index in [1.54, 1.807) is 18.4 Å². The Morgan fingerprint density at radius 1 is 1.30 bits per heavy atom. The average Bonchev–Trinajstić information content (AvgIpc) is 3.19. The number of hydrogen-bond acceptors (Lipinski definition) is 6. The molecule has 1 aliphatic rings. The number of hydrogen-bond donors (Lipinski definition) is 2. The summed E-state index contributed by atoms with van der Waals surface area (Å²) in [5.41, 5.74) is 1.16. The van der Waals surface area contributed by atoms with Crippen molar-refractivity contribution in [3.8, 4) is 0 Å². The first-order valence-corrected chi connectivity index (χ1v) is 10.3. The van der Waals surface area contributed by atoms with Gasteiger partial charge in [-0.15, -0.1) is 11.3 Å². The number of pyridine rings is 1. The Morgan fingerprint density at radius 3 is 2.89 bits per heavy atom. The fraction of sp³-hybridized carbons (Fsp3) is 0.526. The lowest BCUT2D eigenvalue weighted by Crippen LogP contribution is -2.40. The maximum Gasteiger partial charge on any atom is 0.191 e. The van der Waals surface area contributed by atoms with Gasteiger partial charge in [-0.05, 0) is 12.5 Å². The molecule has 146 valence electrons. The zero-order chi connectivity index (χ0) is 18.9. The summed E-state index contributed by atoms with van der Waals surface area (Å²) in [5, 5.41) is 7.92. The zero-order valence-electron chi connectivity index (χ0n) is 16.1. The highest BCUT2D eigenvalue weighted by Gasteiger charge is 2.15. The molecule has 0 atom stereocenters. The van der Waals surface area contributed by atoms with Gasteiger partial charge in [0.1, 0.15) is 5.82 Å². The molecule has 2 aromatic heterocycles. The first-order chi connectivity index (χ1) is 13.3. The van der Waals surface area contributed by atoms with Gasteiger partial charge in [0, 0.05) is 62.5 Å². The molecule has 8 heteroatoms. The van der Waals surface area contributed by atoms with Gasteiger partial charge in [-0.25, -0.2) is 9.97 Å². The van der Waals surface area contributed by atoms with E-state index >= 15 is 0 Å². The third-order valence-corrected chi connectivity index (χ3v) is 5.63. The zero-order valence-corrected chi connectivity index (χ0v) is 16.9. The monoisotopic (exact) mass is 388 g/mol. The molecule has 0 amide bonds. The van der Waals surface area contributed by atoms with Gasteiger partial charge in [0.15, 0.2) is 5.96 Å². The molecule has 0 bridgehead atoms. The van der Waals surface area contributed by atoms with Gasteiger partial charge < -0.3 is 20.3 Å². The summed E-state index contributed by atoms with van der Waals surface area (Å²) in [4.78, 5) is 17.0. The Morgan fingerprint density at radius 2 is 2.15 bits per heavy atom. The van der Waals surface area contributed by atoms with Crippen LogP contribution in [0.15, 0.2) is 29.5 Å². The molecule has 0 aliphatic carbocycles. The minimum atomic E-state index is 0.678. The molecule has 3 heterocycles. The van der Waals surface area contributed by atoms with Crippen molar-refractivity contribution >= 4 is 23.1 Å². The molecule has 0 unspecified atom stereocenters. The molecule has 2 aromatic rings.